The van der Waals surface area contributed by atoms with Crippen molar-refractivity contribution in [1.29, 1.82) is 0 Å². The van der Waals surface area contributed by atoms with Gasteiger partial charge in [0.15, 0.2) is 0 Å². The first-order chi connectivity index (χ1) is 11.4. The van der Waals surface area contributed by atoms with Crippen LogP contribution in [0.15, 0.2) is 18.2 Å². The zero-order valence-electron chi connectivity index (χ0n) is 14.3. The Kier molecular flexibility index (Phi) is 4.71. The Morgan fingerprint density at radius 1 is 1.21 bits per heavy atom. The summed E-state index contributed by atoms with van der Waals surface area (Å²) in [7, 11) is -0.523. The maximum absolute atomic E-state index is 11.9. The number of hydrogen-bond donors (Lipinski definition) is 1. The number of hydrogen-bond acceptors (Lipinski definition) is 5. The van der Waals surface area contributed by atoms with E-state index in [9.17, 15) is 8.42 Å². The van der Waals surface area contributed by atoms with E-state index < -0.39 is 10.2 Å². The number of para-hydroxylation sites is 1. The highest BCUT2D eigenvalue weighted by molar-refractivity contribution is 7.87. The first-order valence-electron chi connectivity index (χ1n) is 8.07. The van der Waals surface area contributed by atoms with Crippen molar-refractivity contribution in [3.05, 3.63) is 29.6 Å². The summed E-state index contributed by atoms with van der Waals surface area (Å²) in [6.45, 7) is 4.04. The van der Waals surface area contributed by atoms with Crippen LogP contribution < -0.4 is 9.62 Å². The topological polar surface area (TPSA) is 78.4 Å². The van der Waals surface area contributed by atoms with Gasteiger partial charge in [0.2, 0.25) is 0 Å². The molecule has 0 saturated carbocycles. The van der Waals surface area contributed by atoms with E-state index in [2.05, 4.69) is 19.6 Å². The van der Waals surface area contributed by atoms with Gasteiger partial charge in [0.05, 0.1) is 12.1 Å². The van der Waals surface area contributed by atoms with Gasteiger partial charge in [-0.1, -0.05) is 12.1 Å². The van der Waals surface area contributed by atoms with Crippen LogP contribution in [0.5, 0.6) is 0 Å². The predicted octanol–water partition coefficient (Wildman–Crippen LogP) is 1.43. The maximum Gasteiger partial charge on any atom is 0.279 e. The molecule has 0 aliphatic carbocycles. The van der Waals surface area contributed by atoms with E-state index in [-0.39, 0.29) is 6.54 Å². The minimum absolute atomic E-state index is 0.0750. The van der Waals surface area contributed by atoms with Crippen LogP contribution in [0.1, 0.15) is 24.2 Å². The molecule has 3 rings (SSSR count). The largest absolute Gasteiger partial charge is 0.356 e. The molecule has 1 aromatic carbocycles. The quantitative estimate of drug-likeness (QED) is 0.884. The second-order valence-corrected chi connectivity index (χ2v) is 8.21. The Morgan fingerprint density at radius 3 is 2.58 bits per heavy atom. The molecule has 1 aromatic heterocycles. The third-order valence-electron chi connectivity index (χ3n) is 4.25. The first-order valence-corrected chi connectivity index (χ1v) is 9.51. The Hall–Kier alpha value is -1.77. The van der Waals surface area contributed by atoms with Crippen molar-refractivity contribution >= 4 is 26.9 Å². The summed E-state index contributed by atoms with van der Waals surface area (Å²) in [5.41, 5.74) is 1.94. The van der Waals surface area contributed by atoms with Gasteiger partial charge in [-0.25, -0.2) is 9.97 Å². The van der Waals surface area contributed by atoms with E-state index in [1.807, 2.05) is 25.1 Å². The lowest BCUT2D eigenvalue weighted by molar-refractivity contribution is 0.504. The molecule has 0 radical (unpaired) electrons. The lowest BCUT2D eigenvalue weighted by Gasteiger charge is -2.20. The average molecular weight is 349 g/mol. The molecule has 0 spiro atoms. The van der Waals surface area contributed by atoms with E-state index >= 15 is 0 Å². The van der Waals surface area contributed by atoms with Crippen LogP contribution in [0, 0.1) is 6.92 Å². The molecule has 0 atom stereocenters. The molecule has 130 valence electrons. The summed E-state index contributed by atoms with van der Waals surface area (Å²) in [6.07, 6.45) is 2.31. The van der Waals surface area contributed by atoms with Crippen LogP contribution in [0.25, 0.3) is 10.9 Å². The van der Waals surface area contributed by atoms with Gasteiger partial charge >= 0.3 is 0 Å². The highest BCUT2D eigenvalue weighted by Crippen LogP contribution is 2.28. The zero-order valence-corrected chi connectivity index (χ0v) is 15.1. The Morgan fingerprint density at radius 2 is 1.92 bits per heavy atom. The summed E-state index contributed by atoms with van der Waals surface area (Å²) in [6, 6.07) is 6.05. The lowest BCUT2D eigenvalue weighted by atomic mass is 10.1. The number of benzene rings is 1. The predicted molar refractivity (Wildman–Crippen MR) is 95.2 cm³/mol. The van der Waals surface area contributed by atoms with E-state index in [0.717, 1.165) is 52.5 Å². The van der Waals surface area contributed by atoms with Crippen LogP contribution in [-0.2, 0) is 16.8 Å². The van der Waals surface area contributed by atoms with Crippen molar-refractivity contribution in [3.8, 4) is 0 Å². The van der Waals surface area contributed by atoms with Crippen LogP contribution in [0.3, 0.4) is 0 Å². The first kappa shape index (κ1) is 17.1. The summed E-state index contributed by atoms with van der Waals surface area (Å²) < 4.78 is 27.5. The minimum Gasteiger partial charge on any atom is -0.356 e. The van der Waals surface area contributed by atoms with Gasteiger partial charge in [0.1, 0.15) is 11.6 Å². The molecule has 1 aliphatic heterocycles. The zero-order chi connectivity index (χ0) is 17.3. The molecule has 1 fully saturated rings. The van der Waals surface area contributed by atoms with E-state index in [0.29, 0.717) is 5.82 Å². The van der Waals surface area contributed by atoms with Gasteiger partial charge in [0, 0.05) is 32.6 Å². The Labute approximate surface area is 142 Å². The average Bonchev–Trinajstić information content (AvgIpc) is 3.07. The molecule has 2 aromatic rings. The number of aryl methyl sites for hydroxylation is 1. The molecule has 1 N–H and O–H groups in total. The molecule has 1 saturated heterocycles. The molecule has 24 heavy (non-hydrogen) atoms. The van der Waals surface area contributed by atoms with Gasteiger partial charge in [-0.2, -0.15) is 17.4 Å². The van der Waals surface area contributed by atoms with Crippen LogP contribution in [-0.4, -0.2) is 49.9 Å². The molecule has 0 amide bonds. The number of rotatable bonds is 5. The number of fused-ring (bicyclic) bond motifs is 1. The molecule has 0 unspecified atom stereocenters. The second kappa shape index (κ2) is 6.62. The van der Waals surface area contributed by atoms with Gasteiger partial charge in [-0.05, 0) is 31.4 Å². The molecule has 1 aliphatic rings. The fraction of sp³-hybridized carbons (Fsp3) is 0.500. The van der Waals surface area contributed by atoms with Crippen molar-refractivity contribution < 1.29 is 8.42 Å². The number of anilines is 1. The minimum atomic E-state index is -3.50. The smallest absolute Gasteiger partial charge is 0.279 e. The van der Waals surface area contributed by atoms with Crippen molar-refractivity contribution in [2.24, 2.45) is 0 Å². The normalized spacial score (nSPS) is 15.6. The van der Waals surface area contributed by atoms with Crippen molar-refractivity contribution in [2.75, 3.05) is 32.1 Å². The number of nitrogens with one attached hydrogen (secondary N) is 1. The fourth-order valence-corrected chi connectivity index (χ4v) is 3.43. The highest BCUT2D eigenvalue weighted by Gasteiger charge is 2.20. The van der Waals surface area contributed by atoms with E-state index in [1.54, 1.807) is 0 Å². The highest BCUT2D eigenvalue weighted by atomic mass is 32.2. The maximum atomic E-state index is 11.9. The third-order valence-corrected chi connectivity index (χ3v) is 5.72. The van der Waals surface area contributed by atoms with Crippen molar-refractivity contribution in [2.45, 2.75) is 26.3 Å². The Balaban J connectivity index is 2.01. The SMILES string of the molecule is Cc1cccc2c(N3CCCC3)nc(CNS(=O)(=O)N(C)C)nc12. The molecule has 7 nitrogen and oxygen atoms in total. The molecule has 8 heteroatoms. The van der Waals surface area contributed by atoms with Crippen LogP contribution in [0.2, 0.25) is 0 Å². The molecule has 0 bridgehead atoms. The molecular weight excluding hydrogens is 326 g/mol. The van der Waals surface area contributed by atoms with Gasteiger partial charge in [-0.3, -0.25) is 0 Å². The van der Waals surface area contributed by atoms with Crippen molar-refractivity contribution in [1.82, 2.24) is 19.0 Å². The van der Waals surface area contributed by atoms with Gasteiger partial charge in [0.25, 0.3) is 10.2 Å². The molecular formula is C16H23N5O2S. The standard InChI is InChI=1S/C16H23N5O2S/c1-12-7-6-8-13-15(12)18-14(11-17-24(22,23)20(2)3)19-16(13)21-9-4-5-10-21/h6-8,17H,4-5,9-11H2,1-3H3. The fourth-order valence-electron chi connectivity index (χ4n) is 2.86. The lowest BCUT2D eigenvalue weighted by Crippen LogP contribution is -2.35. The summed E-state index contributed by atoms with van der Waals surface area (Å²) in [5, 5.41) is 1.02. The van der Waals surface area contributed by atoms with Crippen LogP contribution >= 0.6 is 0 Å². The van der Waals surface area contributed by atoms with Gasteiger partial charge in [-0.15, -0.1) is 0 Å². The monoisotopic (exact) mass is 349 g/mol. The van der Waals surface area contributed by atoms with Gasteiger partial charge < -0.3 is 4.90 Å². The van der Waals surface area contributed by atoms with E-state index in [1.165, 1.54) is 14.1 Å². The van der Waals surface area contributed by atoms with Crippen molar-refractivity contribution in [3.63, 3.8) is 0 Å². The number of aromatic nitrogens is 2. The third kappa shape index (κ3) is 3.35. The summed E-state index contributed by atoms with van der Waals surface area (Å²) >= 11 is 0. The number of nitrogens with zero attached hydrogens (tertiary/aromatic N) is 4. The van der Waals surface area contributed by atoms with Crippen LogP contribution in [0.4, 0.5) is 5.82 Å². The summed E-state index contributed by atoms with van der Waals surface area (Å²) in [4.78, 5) is 11.5. The molecule has 2 heterocycles. The van der Waals surface area contributed by atoms with E-state index in [4.69, 9.17) is 0 Å². The second-order valence-electron chi connectivity index (χ2n) is 6.24. The Bertz CT molecular complexity index is 845. The summed E-state index contributed by atoms with van der Waals surface area (Å²) in [5.74, 6) is 1.39.